The zero-order valence-electron chi connectivity index (χ0n) is 17.9. The van der Waals surface area contributed by atoms with Crippen LogP contribution in [0.2, 0.25) is 5.02 Å². The third-order valence-electron chi connectivity index (χ3n) is 5.53. The normalized spacial score (nSPS) is 16.9. The lowest BCUT2D eigenvalue weighted by Gasteiger charge is -2.23. The molecule has 1 aliphatic heterocycles. The van der Waals surface area contributed by atoms with Crippen molar-refractivity contribution in [2.24, 2.45) is 0 Å². The maximum atomic E-state index is 13.6. The van der Waals surface area contributed by atoms with E-state index in [4.69, 9.17) is 11.6 Å². The molecule has 1 fully saturated rings. The SMILES string of the molecule is Cc1cc(NC(=O)C2CCCN2S(=O)(=O)c2ccc(Cl)cc2)n(-c2nc3ccc(F)cc3s2)n1. The summed E-state index contributed by atoms with van der Waals surface area (Å²) in [4.78, 5) is 17.8. The summed E-state index contributed by atoms with van der Waals surface area (Å²) in [5.41, 5.74) is 1.25. The summed E-state index contributed by atoms with van der Waals surface area (Å²) in [6.45, 7) is 2.01. The first-order valence-electron chi connectivity index (χ1n) is 10.4. The number of benzene rings is 2. The van der Waals surface area contributed by atoms with Crippen LogP contribution in [-0.2, 0) is 14.8 Å². The van der Waals surface area contributed by atoms with Gasteiger partial charge in [0.2, 0.25) is 21.1 Å². The van der Waals surface area contributed by atoms with Crippen LogP contribution in [-0.4, -0.2) is 46.0 Å². The number of carbonyl (C=O) groups excluding carboxylic acids is 1. The molecule has 0 spiro atoms. The molecule has 1 N–H and O–H groups in total. The van der Waals surface area contributed by atoms with Gasteiger partial charge in [-0.1, -0.05) is 22.9 Å². The molecule has 1 saturated heterocycles. The molecule has 0 aliphatic carbocycles. The average Bonchev–Trinajstić information content (AvgIpc) is 3.52. The summed E-state index contributed by atoms with van der Waals surface area (Å²) < 4.78 is 43.3. The molecule has 0 saturated carbocycles. The van der Waals surface area contributed by atoms with Gasteiger partial charge in [-0.3, -0.25) is 4.79 Å². The van der Waals surface area contributed by atoms with Crippen molar-refractivity contribution in [1.82, 2.24) is 19.1 Å². The number of carbonyl (C=O) groups is 1. The molecule has 1 atom stereocenters. The summed E-state index contributed by atoms with van der Waals surface area (Å²) in [5.74, 6) is -0.461. The van der Waals surface area contributed by atoms with Crippen molar-refractivity contribution in [2.75, 3.05) is 11.9 Å². The predicted octanol–water partition coefficient (Wildman–Crippen LogP) is 4.37. The second-order valence-electron chi connectivity index (χ2n) is 7.91. The van der Waals surface area contributed by atoms with Crippen LogP contribution in [0, 0.1) is 12.7 Å². The van der Waals surface area contributed by atoms with E-state index in [1.165, 1.54) is 56.7 Å². The first-order chi connectivity index (χ1) is 16.2. The summed E-state index contributed by atoms with van der Waals surface area (Å²) in [6, 6.07) is 11.0. The van der Waals surface area contributed by atoms with E-state index in [0.29, 0.717) is 44.7 Å². The van der Waals surface area contributed by atoms with Crippen LogP contribution in [0.1, 0.15) is 18.5 Å². The number of thiazole rings is 1. The van der Waals surface area contributed by atoms with Crippen molar-refractivity contribution in [1.29, 1.82) is 0 Å². The van der Waals surface area contributed by atoms with Gasteiger partial charge in [0.25, 0.3) is 0 Å². The maximum absolute atomic E-state index is 13.6. The van der Waals surface area contributed by atoms with Crippen molar-refractivity contribution >= 4 is 54.9 Å². The minimum absolute atomic E-state index is 0.0826. The highest BCUT2D eigenvalue weighted by molar-refractivity contribution is 7.89. The van der Waals surface area contributed by atoms with Crippen LogP contribution in [0.3, 0.4) is 0 Å². The number of rotatable bonds is 5. The number of aromatic nitrogens is 3. The number of sulfonamides is 1. The van der Waals surface area contributed by atoms with Gasteiger partial charge >= 0.3 is 0 Å². The summed E-state index contributed by atoms with van der Waals surface area (Å²) >= 11 is 7.12. The highest BCUT2D eigenvalue weighted by Crippen LogP contribution is 2.30. The Bertz CT molecular complexity index is 1500. The number of fused-ring (bicyclic) bond motifs is 1. The minimum atomic E-state index is -3.87. The first-order valence-corrected chi connectivity index (χ1v) is 13.1. The molecule has 2 aromatic heterocycles. The van der Waals surface area contributed by atoms with E-state index in [1.807, 2.05) is 0 Å². The Hall–Kier alpha value is -2.86. The van der Waals surface area contributed by atoms with Crippen molar-refractivity contribution in [2.45, 2.75) is 30.7 Å². The van der Waals surface area contributed by atoms with Gasteiger partial charge in [0.05, 0.1) is 20.8 Å². The number of hydrogen-bond acceptors (Lipinski definition) is 6. The molecule has 1 aliphatic rings. The predicted molar refractivity (Wildman–Crippen MR) is 128 cm³/mol. The average molecular weight is 520 g/mol. The Labute approximate surface area is 204 Å². The number of amides is 1. The Kier molecular flexibility index (Phi) is 5.88. The number of nitrogens with one attached hydrogen (secondary N) is 1. The molecule has 1 unspecified atom stereocenters. The lowest BCUT2D eigenvalue weighted by atomic mass is 10.2. The molecule has 176 valence electrons. The molecular formula is C22H19ClFN5O3S2. The molecule has 4 aromatic rings. The van der Waals surface area contributed by atoms with Crippen LogP contribution in [0.25, 0.3) is 15.3 Å². The van der Waals surface area contributed by atoms with Crippen LogP contribution >= 0.6 is 22.9 Å². The van der Waals surface area contributed by atoms with Gasteiger partial charge < -0.3 is 5.32 Å². The molecule has 3 heterocycles. The van der Waals surface area contributed by atoms with Gasteiger partial charge in [-0.2, -0.15) is 14.1 Å². The zero-order valence-corrected chi connectivity index (χ0v) is 20.3. The Morgan fingerprint density at radius 2 is 1.97 bits per heavy atom. The lowest BCUT2D eigenvalue weighted by molar-refractivity contribution is -0.119. The standard InChI is InChI=1S/C22H19ClFN5O3S2/c1-13-11-20(29(27-13)22-25-17-9-6-15(24)12-19(17)33-22)26-21(30)18-3-2-10-28(18)34(31,32)16-7-4-14(23)5-8-16/h4-9,11-12,18H,2-3,10H2,1H3,(H,26,30). The number of nitrogens with zero attached hydrogens (tertiary/aromatic N) is 4. The molecule has 34 heavy (non-hydrogen) atoms. The van der Waals surface area contributed by atoms with Gasteiger partial charge in [0, 0.05) is 17.6 Å². The molecule has 0 radical (unpaired) electrons. The smallest absolute Gasteiger partial charge is 0.243 e. The lowest BCUT2D eigenvalue weighted by Crippen LogP contribution is -2.43. The van der Waals surface area contributed by atoms with Crippen LogP contribution in [0.5, 0.6) is 0 Å². The second kappa shape index (κ2) is 8.73. The Morgan fingerprint density at radius 1 is 1.21 bits per heavy atom. The molecule has 1 amide bonds. The Morgan fingerprint density at radius 3 is 2.74 bits per heavy atom. The fraction of sp³-hybridized carbons (Fsp3) is 0.227. The topological polar surface area (TPSA) is 97.2 Å². The van der Waals surface area contributed by atoms with Gasteiger partial charge in [0.15, 0.2) is 0 Å². The molecule has 2 aromatic carbocycles. The molecule has 5 rings (SSSR count). The minimum Gasteiger partial charge on any atom is -0.309 e. The van der Waals surface area contributed by atoms with E-state index in [0.717, 1.165) is 0 Å². The molecule has 0 bridgehead atoms. The third kappa shape index (κ3) is 4.20. The van der Waals surface area contributed by atoms with E-state index in [-0.39, 0.29) is 17.3 Å². The number of hydrogen-bond donors (Lipinski definition) is 1. The first kappa shape index (κ1) is 22.9. The fourth-order valence-corrected chi connectivity index (χ4v) is 6.69. The Balaban J connectivity index is 1.42. The zero-order chi connectivity index (χ0) is 24.0. The van der Waals surface area contributed by atoms with Crippen LogP contribution in [0.4, 0.5) is 10.2 Å². The molecule has 12 heteroatoms. The van der Waals surface area contributed by atoms with Crippen LogP contribution in [0.15, 0.2) is 53.4 Å². The van der Waals surface area contributed by atoms with Gasteiger partial charge in [0.1, 0.15) is 17.7 Å². The van der Waals surface area contributed by atoms with Gasteiger partial charge in [-0.25, -0.2) is 17.8 Å². The summed E-state index contributed by atoms with van der Waals surface area (Å²) in [5, 5.41) is 8.12. The quantitative estimate of drug-likeness (QED) is 0.422. The van der Waals surface area contributed by atoms with E-state index in [2.05, 4.69) is 15.4 Å². The fourth-order valence-electron chi connectivity index (χ4n) is 3.95. The van der Waals surface area contributed by atoms with E-state index >= 15 is 0 Å². The monoisotopic (exact) mass is 519 g/mol. The van der Waals surface area contributed by atoms with E-state index in [1.54, 1.807) is 19.1 Å². The number of anilines is 1. The second-order valence-corrected chi connectivity index (χ2v) is 11.2. The van der Waals surface area contributed by atoms with E-state index in [9.17, 15) is 17.6 Å². The molecule has 8 nitrogen and oxygen atoms in total. The highest BCUT2D eigenvalue weighted by Gasteiger charge is 2.39. The van der Waals surface area contributed by atoms with Gasteiger partial charge in [-0.05, 0) is 62.2 Å². The molecular weight excluding hydrogens is 501 g/mol. The van der Waals surface area contributed by atoms with Crippen molar-refractivity contribution in [3.63, 3.8) is 0 Å². The van der Waals surface area contributed by atoms with Gasteiger partial charge in [-0.15, -0.1) is 0 Å². The number of aryl methyl sites for hydroxylation is 1. The largest absolute Gasteiger partial charge is 0.309 e. The van der Waals surface area contributed by atoms with Crippen molar-refractivity contribution in [3.05, 3.63) is 65.1 Å². The third-order valence-corrected chi connectivity index (χ3v) is 8.70. The van der Waals surface area contributed by atoms with Crippen molar-refractivity contribution in [3.8, 4) is 5.13 Å². The van der Waals surface area contributed by atoms with Crippen molar-refractivity contribution < 1.29 is 17.6 Å². The number of halogens is 2. The van der Waals surface area contributed by atoms with E-state index < -0.39 is 22.0 Å². The summed E-state index contributed by atoms with van der Waals surface area (Å²) in [6.07, 6.45) is 0.957. The highest BCUT2D eigenvalue weighted by atomic mass is 35.5. The maximum Gasteiger partial charge on any atom is 0.243 e. The van der Waals surface area contributed by atoms with Crippen LogP contribution < -0.4 is 5.32 Å². The summed E-state index contributed by atoms with van der Waals surface area (Å²) in [7, 11) is -3.87.